The number of halogens is 1. The summed E-state index contributed by atoms with van der Waals surface area (Å²) in [6, 6.07) is 8.94. The molecule has 0 amide bonds. The Hall–Kier alpha value is -2.16. The first kappa shape index (κ1) is 19.2. The summed E-state index contributed by atoms with van der Waals surface area (Å²) in [4.78, 5) is 9.77. The third-order valence-electron chi connectivity index (χ3n) is 3.27. The van der Waals surface area contributed by atoms with Crippen molar-refractivity contribution in [1.29, 1.82) is 0 Å². The standard InChI is InChI=1S/C16H17ClN2O5S/c1-11-7-12(2)9-14(8-11)24-6-5-18-25(22,23)16-10-13(19(20)21)3-4-15(16)17/h3-4,7-10,18H,5-6H2,1-2H3. The maximum atomic E-state index is 12.3. The van der Waals surface area contributed by atoms with Crippen molar-refractivity contribution < 1.29 is 18.1 Å². The highest BCUT2D eigenvalue weighted by Gasteiger charge is 2.21. The van der Waals surface area contributed by atoms with Gasteiger partial charge in [-0.1, -0.05) is 17.7 Å². The van der Waals surface area contributed by atoms with Crippen molar-refractivity contribution >= 4 is 27.3 Å². The Balaban J connectivity index is 2.02. The minimum atomic E-state index is -3.98. The van der Waals surface area contributed by atoms with Crippen LogP contribution in [0.5, 0.6) is 5.75 Å². The number of aryl methyl sites for hydroxylation is 2. The molecule has 0 fully saturated rings. The van der Waals surface area contributed by atoms with Gasteiger partial charge in [0.05, 0.1) is 9.95 Å². The van der Waals surface area contributed by atoms with Crippen molar-refractivity contribution in [3.05, 3.63) is 62.7 Å². The van der Waals surface area contributed by atoms with Crippen LogP contribution in [-0.2, 0) is 10.0 Å². The summed E-state index contributed by atoms with van der Waals surface area (Å²) in [6.45, 7) is 3.97. The smallest absolute Gasteiger partial charge is 0.270 e. The third-order valence-corrected chi connectivity index (χ3v) is 5.22. The van der Waals surface area contributed by atoms with E-state index < -0.39 is 14.9 Å². The number of rotatable bonds is 7. The highest BCUT2D eigenvalue weighted by atomic mass is 35.5. The molecule has 0 unspecified atom stereocenters. The molecule has 0 saturated heterocycles. The first-order chi connectivity index (χ1) is 11.7. The highest BCUT2D eigenvalue weighted by Crippen LogP contribution is 2.25. The summed E-state index contributed by atoms with van der Waals surface area (Å²) in [6.07, 6.45) is 0. The second-order valence-corrected chi connectivity index (χ2v) is 7.58. The van der Waals surface area contributed by atoms with Gasteiger partial charge >= 0.3 is 0 Å². The molecule has 0 aromatic heterocycles. The first-order valence-corrected chi connectivity index (χ1v) is 9.20. The van der Waals surface area contributed by atoms with Crippen LogP contribution in [0.4, 0.5) is 5.69 Å². The van der Waals surface area contributed by atoms with E-state index in [4.69, 9.17) is 16.3 Å². The van der Waals surface area contributed by atoms with Gasteiger partial charge in [0.1, 0.15) is 17.3 Å². The minimum absolute atomic E-state index is 0.00561. The molecule has 0 heterocycles. The molecular weight excluding hydrogens is 368 g/mol. The van der Waals surface area contributed by atoms with Gasteiger partial charge in [0, 0.05) is 18.7 Å². The molecular formula is C16H17ClN2O5S. The van der Waals surface area contributed by atoms with Gasteiger partial charge in [0.15, 0.2) is 0 Å². The normalized spacial score (nSPS) is 11.3. The SMILES string of the molecule is Cc1cc(C)cc(OCCNS(=O)(=O)c2cc([N+](=O)[O-])ccc2Cl)c1. The molecule has 0 saturated carbocycles. The monoisotopic (exact) mass is 384 g/mol. The van der Waals surface area contributed by atoms with Crippen LogP contribution in [0.3, 0.4) is 0 Å². The Morgan fingerprint density at radius 2 is 1.80 bits per heavy atom. The molecule has 25 heavy (non-hydrogen) atoms. The van der Waals surface area contributed by atoms with Crippen LogP contribution in [0.15, 0.2) is 41.3 Å². The van der Waals surface area contributed by atoms with Crippen LogP contribution in [0.2, 0.25) is 5.02 Å². The molecule has 0 bridgehead atoms. The number of hydrogen-bond donors (Lipinski definition) is 1. The minimum Gasteiger partial charge on any atom is -0.492 e. The van der Waals surface area contributed by atoms with Crippen LogP contribution < -0.4 is 9.46 Å². The molecule has 0 radical (unpaired) electrons. The van der Waals surface area contributed by atoms with Gasteiger partial charge in [-0.05, 0) is 43.2 Å². The van der Waals surface area contributed by atoms with Crippen molar-refractivity contribution in [3.63, 3.8) is 0 Å². The van der Waals surface area contributed by atoms with E-state index in [0.29, 0.717) is 5.75 Å². The molecule has 1 N–H and O–H groups in total. The number of nitro benzene ring substituents is 1. The lowest BCUT2D eigenvalue weighted by atomic mass is 10.1. The molecule has 9 heteroatoms. The average Bonchev–Trinajstić information content (AvgIpc) is 2.50. The number of hydrogen-bond acceptors (Lipinski definition) is 5. The average molecular weight is 385 g/mol. The van der Waals surface area contributed by atoms with Gasteiger partial charge in [-0.25, -0.2) is 13.1 Å². The number of non-ortho nitro benzene ring substituents is 1. The quantitative estimate of drug-likeness (QED) is 0.449. The van der Waals surface area contributed by atoms with Gasteiger partial charge < -0.3 is 4.74 Å². The summed E-state index contributed by atoms with van der Waals surface area (Å²) in [5.41, 5.74) is 1.73. The molecule has 0 atom stereocenters. The van der Waals surface area contributed by atoms with Crippen LogP contribution >= 0.6 is 11.6 Å². The van der Waals surface area contributed by atoms with E-state index in [1.807, 2.05) is 32.0 Å². The molecule has 0 aliphatic carbocycles. The van der Waals surface area contributed by atoms with Crippen molar-refractivity contribution in [3.8, 4) is 5.75 Å². The number of benzene rings is 2. The van der Waals surface area contributed by atoms with E-state index in [-0.39, 0.29) is 28.8 Å². The zero-order valence-corrected chi connectivity index (χ0v) is 15.2. The molecule has 2 rings (SSSR count). The Morgan fingerprint density at radius 1 is 1.16 bits per heavy atom. The van der Waals surface area contributed by atoms with Gasteiger partial charge in [-0.2, -0.15) is 0 Å². The maximum Gasteiger partial charge on any atom is 0.270 e. The summed E-state index contributed by atoms with van der Waals surface area (Å²) < 4.78 is 32.4. The number of nitrogens with zero attached hydrogens (tertiary/aromatic N) is 1. The fourth-order valence-electron chi connectivity index (χ4n) is 2.25. The summed E-state index contributed by atoms with van der Waals surface area (Å²) in [7, 11) is -3.98. The topological polar surface area (TPSA) is 98.5 Å². The van der Waals surface area contributed by atoms with E-state index >= 15 is 0 Å². The van der Waals surface area contributed by atoms with Crippen molar-refractivity contribution in [2.24, 2.45) is 0 Å². The summed E-state index contributed by atoms with van der Waals surface area (Å²) >= 11 is 5.86. The second-order valence-electron chi connectivity index (χ2n) is 5.44. The van der Waals surface area contributed by atoms with Crippen molar-refractivity contribution in [1.82, 2.24) is 4.72 Å². The Morgan fingerprint density at radius 3 is 2.40 bits per heavy atom. The number of nitrogens with one attached hydrogen (secondary N) is 1. The van der Waals surface area contributed by atoms with Gasteiger partial charge in [0.2, 0.25) is 10.0 Å². The van der Waals surface area contributed by atoms with Crippen LogP contribution in [0.25, 0.3) is 0 Å². The predicted molar refractivity (Wildman–Crippen MR) is 94.7 cm³/mol. The lowest BCUT2D eigenvalue weighted by Gasteiger charge is -2.10. The molecule has 2 aromatic carbocycles. The van der Waals surface area contributed by atoms with Gasteiger partial charge in [0.25, 0.3) is 5.69 Å². The fourth-order valence-corrected chi connectivity index (χ4v) is 3.78. The molecule has 134 valence electrons. The van der Waals surface area contributed by atoms with Crippen LogP contribution in [-0.4, -0.2) is 26.5 Å². The number of sulfonamides is 1. The Kier molecular flexibility index (Phi) is 5.99. The predicted octanol–water partition coefficient (Wildman–Crippen LogP) is 3.22. The largest absolute Gasteiger partial charge is 0.492 e. The lowest BCUT2D eigenvalue weighted by molar-refractivity contribution is -0.385. The number of ether oxygens (including phenoxy) is 1. The fraction of sp³-hybridized carbons (Fsp3) is 0.250. The zero-order chi connectivity index (χ0) is 18.6. The molecule has 2 aromatic rings. The van der Waals surface area contributed by atoms with Crippen molar-refractivity contribution in [2.75, 3.05) is 13.2 Å². The van der Waals surface area contributed by atoms with Crippen LogP contribution in [0, 0.1) is 24.0 Å². The molecule has 0 spiro atoms. The molecule has 0 aliphatic heterocycles. The van der Waals surface area contributed by atoms with E-state index in [1.54, 1.807) is 0 Å². The maximum absolute atomic E-state index is 12.3. The summed E-state index contributed by atoms with van der Waals surface area (Å²) in [5, 5.41) is 10.7. The van der Waals surface area contributed by atoms with E-state index in [0.717, 1.165) is 23.3 Å². The molecule has 7 nitrogen and oxygen atoms in total. The Labute approximate surface area is 150 Å². The van der Waals surface area contributed by atoms with Crippen LogP contribution in [0.1, 0.15) is 11.1 Å². The van der Waals surface area contributed by atoms with Crippen molar-refractivity contribution in [2.45, 2.75) is 18.7 Å². The molecule has 0 aliphatic rings. The van der Waals surface area contributed by atoms with E-state index in [1.165, 1.54) is 6.07 Å². The lowest BCUT2D eigenvalue weighted by Crippen LogP contribution is -2.28. The zero-order valence-electron chi connectivity index (χ0n) is 13.7. The van der Waals surface area contributed by atoms with E-state index in [9.17, 15) is 18.5 Å². The van der Waals surface area contributed by atoms with Gasteiger partial charge in [-0.15, -0.1) is 0 Å². The Bertz CT molecular complexity index is 879. The summed E-state index contributed by atoms with van der Waals surface area (Å²) in [5.74, 6) is 0.644. The number of nitro groups is 1. The van der Waals surface area contributed by atoms with Gasteiger partial charge in [-0.3, -0.25) is 10.1 Å². The highest BCUT2D eigenvalue weighted by molar-refractivity contribution is 7.89. The third kappa shape index (κ3) is 5.15. The second kappa shape index (κ2) is 7.81. The van der Waals surface area contributed by atoms with E-state index in [2.05, 4.69) is 4.72 Å². The first-order valence-electron chi connectivity index (χ1n) is 7.34.